The third kappa shape index (κ3) is 14.2. The van der Waals surface area contributed by atoms with Crippen LogP contribution in [0.1, 0.15) is 60.3 Å². The highest BCUT2D eigenvalue weighted by atomic mass is 16.6. The van der Waals surface area contributed by atoms with Gasteiger partial charge in [0.15, 0.2) is 0 Å². The van der Waals surface area contributed by atoms with Crippen molar-refractivity contribution in [1.82, 2.24) is 5.32 Å². The molecule has 5 heterocycles. The molecule has 8 bridgehead atoms. The smallest absolute Gasteiger partial charge is 0.310 e. The second-order valence-electron chi connectivity index (χ2n) is 22.6. The van der Waals surface area contributed by atoms with Gasteiger partial charge in [-0.15, -0.1) is 0 Å². The van der Waals surface area contributed by atoms with Crippen LogP contribution in [0.3, 0.4) is 0 Å². The molecule has 67 heavy (non-hydrogen) atoms. The highest BCUT2D eigenvalue weighted by Crippen LogP contribution is 2.43. The van der Waals surface area contributed by atoms with Crippen molar-refractivity contribution >= 4 is 29.1 Å². The first kappa shape index (κ1) is 52.8. The first-order chi connectivity index (χ1) is 31.1. The summed E-state index contributed by atoms with van der Waals surface area (Å²) in [6.45, 7) is 13.8. The van der Waals surface area contributed by atoms with E-state index in [2.05, 4.69) is 99.6 Å². The molecule has 0 aliphatic carbocycles. The molecule has 2 atom stereocenters. The Hall–Kier alpha value is -5.15. The van der Waals surface area contributed by atoms with Crippen LogP contribution >= 0.6 is 0 Å². The van der Waals surface area contributed by atoms with Crippen molar-refractivity contribution in [2.24, 2.45) is 26.8 Å². The van der Waals surface area contributed by atoms with Crippen LogP contribution in [-0.4, -0.2) is 178 Å². The molecule has 0 aromatic heterocycles. The molecular formula is C53H81N8O6+3. The summed E-state index contributed by atoms with van der Waals surface area (Å²) < 4.78 is 20.4. The summed E-state index contributed by atoms with van der Waals surface area (Å²) in [6, 6.07) is 0. The summed E-state index contributed by atoms with van der Waals surface area (Å²) in [7, 11) is 25.0. The first-order valence-electron chi connectivity index (χ1n) is 23.8. The van der Waals surface area contributed by atoms with Gasteiger partial charge in [-0.2, -0.15) is 0 Å². The highest BCUT2D eigenvalue weighted by molar-refractivity contribution is 6.20. The first-order valence-corrected chi connectivity index (χ1v) is 23.8. The Morgan fingerprint density at radius 2 is 1.27 bits per heavy atom. The number of likely N-dealkylation sites (N-methyl/N-ethyl adjacent to an activating group) is 4. The summed E-state index contributed by atoms with van der Waals surface area (Å²) in [5.41, 5.74) is 11.3. The Kier molecular flexibility index (Phi) is 16.6. The topological polar surface area (TPSA) is 134 Å². The van der Waals surface area contributed by atoms with Crippen molar-refractivity contribution in [1.29, 1.82) is 0 Å². The lowest BCUT2D eigenvalue weighted by atomic mass is 9.84. The second-order valence-corrected chi connectivity index (χ2v) is 22.6. The number of aliphatic imine (C=N–C) groups is 3. The molecule has 0 unspecified atom stereocenters. The fourth-order valence-corrected chi connectivity index (χ4v) is 8.35. The van der Waals surface area contributed by atoms with Gasteiger partial charge in [0.2, 0.25) is 0 Å². The van der Waals surface area contributed by atoms with E-state index in [1.165, 1.54) is 0 Å². The van der Waals surface area contributed by atoms with Crippen molar-refractivity contribution in [2.45, 2.75) is 60.3 Å². The zero-order valence-electron chi connectivity index (χ0n) is 43.9. The number of esters is 2. The van der Waals surface area contributed by atoms with Crippen molar-refractivity contribution < 1.29 is 46.8 Å². The van der Waals surface area contributed by atoms with Crippen LogP contribution in [0.25, 0.3) is 0 Å². The predicted octanol–water partition coefficient (Wildman–Crippen LogP) is 5.67. The maximum Gasteiger partial charge on any atom is 0.310 e. The van der Waals surface area contributed by atoms with Crippen molar-refractivity contribution in [3.63, 3.8) is 0 Å². The molecule has 1 N–H and O–H groups in total. The molecule has 5 aliphatic rings. The normalized spacial score (nSPS) is 21.1. The van der Waals surface area contributed by atoms with E-state index in [-0.39, 0.29) is 43.9 Å². The monoisotopic (exact) mass is 926 g/mol. The number of nitrogens with one attached hydrogen (secondary N) is 1. The van der Waals surface area contributed by atoms with Crippen LogP contribution in [0.5, 0.6) is 0 Å². The average molecular weight is 926 g/mol. The Bertz CT molecular complexity index is 2370. The molecule has 14 nitrogen and oxygen atoms in total. The number of ether oxygens (including phenoxy) is 3. The molecule has 0 aromatic carbocycles. The molecule has 0 spiro atoms. The number of carbonyl (C=O) groups is 2. The lowest BCUT2D eigenvalue weighted by molar-refractivity contribution is -0.870. The minimum atomic E-state index is -0.521. The van der Waals surface area contributed by atoms with Crippen LogP contribution in [0.2, 0.25) is 0 Å². The number of hydrogen-bond donors (Lipinski definition) is 1. The Morgan fingerprint density at radius 1 is 0.701 bits per heavy atom. The van der Waals surface area contributed by atoms with Gasteiger partial charge in [0.1, 0.15) is 26.3 Å². The SMILES string of the molecule is CCC1=C(C)C2=NC1=CC1=C(C)C(=C([O-])OCC[N+](C)(C)C)C(=N1)C(CC(=O)OCC[N+](C)(C)C)=C1NC(=CC3=NC(=C2)C(/C=C/C[N+](C)(C)C)=C3C)[C@@H](C)[C@@H]1CCC(=O)OCC[N+](C)(C)C. The molecule has 366 valence electrons. The van der Waals surface area contributed by atoms with Crippen LogP contribution < -0.4 is 10.4 Å². The number of quaternary nitrogens is 4. The fourth-order valence-electron chi connectivity index (χ4n) is 8.35. The zero-order chi connectivity index (χ0) is 49.8. The summed E-state index contributed by atoms with van der Waals surface area (Å²) in [5.74, 6) is -1.72. The maximum atomic E-state index is 14.6. The van der Waals surface area contributed by atoms with E-state index >= 15 is 0 Å². The Labute approximate surface area is 401 Å². The minimum absolute atomic E-state index is 0.149. The van der Waals surface area contributed by atoms with E-state index in [4.69, 9.17) is 29.2 Å². The van der Waals surface area contributed by atoms with Gasteiger partial charge in [0.05, 0.1) is 144 Å². The number of carbonyl (C=O) groups excluding carboxylic acids is 2. The third-order valence-corrected chi connectivity index (χ3v) is 12.6. The highest BCUT2D eigenvalue weighted by Gasteiger charge is 2.39. The quantitative estimate of drug-likeness (QED) is 0.100. The van der Waals surface area contributed by atoms with E-state index in [1.807, 2.05) is 55.3 Å². The van der Waals surface area contributed by atoms with Gasteiger partial charge in [-0.25, -0.2) is 15.0 Å². The summed E-state index contributed by atoms with van der Waals surface area (Å²) in [4.78, 5) is 43.5. The van der Waals surface area contributed by atoms with Gasteiger partial charge in [-0.1, -0.05) is 19.9 Å². The molecule has 14 heteroatoms. The van der Waals surface area contributed by atoms with Crippen molar-refractivity contribution in [2.75, 3.05) is 131 Å². The Balaban J connectivity index is 1.79. The summed E-state index contributed by atoms with van der Waals surface area (Å²) in [5, 5.41) is 18.3. The second kappa shape index (κ2) is 21.0. The van der Waals surface area contributed by atoms with Crippen LogP contribution in [0.15, 0.2) is 119 Å². The van der Waals surface area contributed by atoms with E-state index in [1.54, 1.807) is 0 Å². The van der Waals surface area contributed by atoms with Crippen molar-refractivity contribution in [3.05, 3.63) is 104 Å². The maximum absolute atomic E-state index is 14.6. The standard InChI is InChI=1S/C53H81N8O6/c1-18-38-34(2)43-32-47-39(20-19-23-58(6,7)8)35(3)42(55-47)31-44-36(4)40(21-22-48(62)65-27-24-59(9,10)11)51(56-44)41(30-49(63)66-28-25-60(12,13)14)52-50(53(64)67-29-26-61(15,16)17)37(5)45(57-52)33-46(38)54-43/h19-20,31-33,36,40H,18,21-30H2,1-17H3,(H-,54,55,56,57,64)/q+3/b20-19+/t36-,40-/m0/s1. The molecule has 0 radical (unpaired) electrons. The number of allylic oxidation sites excluding steroid dienone is 11. The van der Waals surface area contributed by atoms with Crippen LogP contribution in [-0.2, 0) is 23.8 Å². The molecule has 5 rings (SSSR count). The lowest BCUT2D eigenvalue weighted by Gasteiger charge is -2.28. The fraction of sp³-hybridized carbons (Fsp3) is 0.566. The molecule has 5 aliphatic heterocycles. The summed E-state index contributed by atoms with van der Waals surface area (Å²) in [6.07, 6.45) is 11.6. The minimum Gasteiger partial charge on any atom is -0.607 e. The molecule has 1 saturated heterocycles. The largest absolute Gasteiger partial charge is 0.607 e. The van der Waals surface area contributed by atoms with Gasteiger partial charge in [0, 0.05) is 53.0 Å². The molecule has 0 saturated carbocycles. The van der Waals surface area contributed by atoms with Gasteiger partial charge in [-0.3, -0.25) is 9.59 Å². The van der Waals surface area contributed by atoms with Gasteiger partial charge >= 0.3 is 11.9 Å². The van der Waals surface area contributed by atoms with Gasteiger partial charge < -0.3 is 42.6 Å². The number of hydrogen-bond acceptors (Lipinski definition) is 10. The summed E-state index contributed by atoms with van der Waals surface area (Å²) >= 11 is 0. The Morgan fingerprint density at radius 3 is 1.85 bits per heavy atom. The predicted molar refractivity (Wildman–Crippen MR) is 267 cm³/mol. The zero-order valence-corrected chi connectivity index (χ0v) is 43.9. The van der Waals surface area contributed by atoms with E-state index in [0.717, 1.165) is 68.3 Å². The van der Waals surface area contributed by atoms with Gasteiger partial charge in [0.25, 0.3) is 0 Å². The van der Waals surface area contributed by atoms with Crippen LogP contribution in [0.4, 0.5) is 0 Å². The number of rotatable bonds is 19. The van der Waals surface area contributed by atoms with E-state index < -0.39 is 11.9 Å². The van der Waals surface area contributed by atoms with Crippen molar-refractivity contribution in [3.8, 4) is 0 Å². The average Bonchev–Trinajstić information content (AvgIpc) is 3.87. The molecule has 0 amide bonds. The molecule has 1 fully saturated rings. The number of fused-ring (bicyclic) bond motifs is 5. The lowest BCUT2D eigenvalue weighted by Crippen LogP contribution is -2.38. The molecular weight excluding hydrogens is 845 g/mol. The van der Waals surface area contributed by atoms with E-state index in [9.17, 15) is 14.7 Å². The third-order valence-electron chi connectivity index (χ3n) is 12.6. The van der Waals surface area contributed by atoms with E-state index in [0.29, 0.717) is 79.9 Å². The molecule has 0 aromatic rings. The number of nitrogens with zero attached hydrogens (tertiary/aromatic N) is 7. The van der Waals surface area contributed by atoms with Gasteiger partial charge in [-0.05, 0) is 80.2 Å². The van der Waals surface area contributed by atoms with Crippen LogP contribution in [0, 0.1) is 11.8 Å².